The van der Waals surface area contributed by atoms with Gasteiger partial charge in [-0.25, -0.2) is 18.3 Å². The van der Waals surface area contributed by atoms with E-state index in [4.69, 9.17) is 9.16 Å². The van der Waals surface area contributed by atoms with Gasteiger partial charge in [0.05, 0.1) is 19.4 Å². The van der Waals surface area contributed by atoms with Crippen molar-refractivity contribution in [3.05, 3.63) is 41.2 Å². The first-order chi connectivity index (χ1) is 12.5. The Hall–Kier alpha value is -2.13. The molecule has 9 heteroatoms. The van der Waals surface area contributed by atoms with Crippen LogP contribution in [-0.4, -0.2) is 36.4 Å². The standard InChI is InChI=1S/C18H25F2N3O3Si/c1-18(2,3)27(5,6)26-11-14-15(17(24)25-4)21-22-23(14)13-9-7-12(8-10-13)16(19)20/h7-10,16H,11H2,1-6H3. The van der Waals surface area contributed by atoms with Crippen LogP contribution in [0.3, 0.4) is 0 Å². The van der Waals surface area contributed by atoms with Gasteiger partial charge in [0.15, 0.2) is 14.0 Å². The lowest BCUT2D eigenvalue weighted by molar-refractivity contribution is 0.0590. The maximum atomic E-state index is 12.8. The maximum Gasteiger partial charge on any atom is 0.360 e. The van der Waals surface area contributed by atoms with E-state index >= 15 is 0 Å². The molecule has 0 fully saturated rings. The minimum absolute atomic E-state index is 0.0182. The summed E-state index contributed by atoms with van der Waals surface area (Å²) in [6.07, 6.45) is -2.55. The molecule has 0 aliphatic rings. The molecule has 1 aromatic carbocycles. The predicted molar refractivity (Wildman–Crippen MR) is 99.6 cm³/mol. The van der Waals surface area contributed by atoms with Crippen LogP contribution in [0.2, 0.25) is 18.1 Å². The molecule has 27 heavy (non-hydrogen) atoms. The topological polar surface area (TPSA) is 66.2 Å². The maximum absolute atomic E-state index is 12.8. The number of halogens is 2. The second kappa shape index (κ2) is 7.85. The number of nitrogens with zero attached hydrogens (tertiary/aromatic N) is 3. The Balaban J connectivity index is 2.41. The van der Waals surface area contributed by atoms with Crippen LogP contribution >= 0.6 is 0 Å². The first-order valence-corrected chi connectivity index (χ1v) is 11.4. The second-order valence-electron chi connectivity index (χ2n) is 7.73. The van der Waals surface area contributed by atoms with Gasteiger partial charge in [0, 0.05) is 5.56 Å². The Morgan fingerprint density at radius 3 is 2.30 bits per heavy atom. The van der Waals surface area contributed by atoms with Gasteiger partial charge >= 0.3 is 5.97 Å². The second-order valence-corrected chi connectivity index (χ2v) is 12.5. The molecular weight excluding hydrogens is 372 g/mol. The predicted octanol–water partition coefficient (Wildman–Crippen LogP) is 4.51. The molecule has 1 aromatic heterocycles. The quantitative estimate of drug-likeness (QED) is 0.530. The summed E-state index contributed by atoms with van der Waals surface area (Å²) in [6, 6.07) is 5.65. The molecule has 0 saturated carbocycles. The number of carbonyl (C=O) groups is 1. The van der Waals surface area contributed by atoms with Crippen molar-refractivity contribution < 1.29 is 22.7 Å². The first-order valence-electron chi connectivity index (χ1n) is 8.53. The molecule has 0 unspecified atom stereocenters. The van der Waals surface area contributed by atoms with Gasteiger partial charge in [0.2, 0.25) is 0 Å². The molecule has 0 amide bonds. The molecule has 0 aliphatic carbocycles. The molecule has 0 saturated heterocycles. The molecule has 2 rings (SSSR count). The van der Waals surface area contributed by atoms with Gasteiger partial charge in [0.1, 0.15) is 5.69 Å². The van der Waals surface area contributed by atoms with Crippen LogP contribution in [0.5, 0.6) is 0 Å². The number of aromatic nitrogens is 3. The number of ether oxygens (including phenoxy) is 1. The molecule has 0 spiro atoms. The van der Waals surface area contributed by atoms with Crippen LogP contribution in [-0.2, 0) is 15.8 Å². The fraction of sp³-hybridized carbons (Fsp3) is 0.500. The van der Waals surface area contributed by atoms with Crippen molar-refractivity contribution in [3.63, 3.8) is 0 Å². The van der Waals surface area contributed by atoms with E-state index in [9.17, 15) is 13.6 Å². The van der Waals surface area contributed by atoms with E-state index < -0.39 is 20.7 Å². The number of rotatable bonds is 6. The van der Waals surface area contributed by atoms with E-state index in [-0.39, 0.29) is 22.9 Å². The smallest absolute Gasteiger partial charge is 0.360 e. The number of carbonyl (C=O) groups excluding carboxylic acids is 1. The molecule has 0 N–H and O–H groups in total. The van der Waals surface area contributed by atoms with Crippen molar-refractivity contribution in [2.75, 3.05) is 7.11 Å². The van der Waals surface area contributed by atoms with Gasteiger partial charge in [-0.2, -0.15) is 0 Å². The Morgan fingerprint density at radius 2 is 1.81 bits per heavy atom. The van der Waals surface area contributed by atoms with Crippen molar-refractivity contribution in [1.29, 1.82) is 0 Å². The Morgan fingerprint density at radius 1 is 1.22 bits per heavy atom. The van der Waals surface area contributed by atoms with Crippen LogP contribution in [0.4, 0.5) is 8.78 Å². The molecule has 0 aliphatic heterocycles. The Bertz CT molecular complexity index is 799. The van der Waals surface area contributed by atoms with Crippen LogP contribution < -0.4 is 0 Å². The van der Waals surface area contributed by atoms with Crippen molar-refractivity contribution >= 4 is 14.3 Å². The summed E-state index contributed by atoms with van der Waals surface area (Å²) in [6.45, 7) is 10.6. The van der Waals surface area contributed by atoms with Crippen LogP contribution in [0.15, 0.2) is 24.3 Å². The monoisotopic (exact) mass is 397 g/mol. The lowest BCUT2D eigenvalue weighted by Gasteiger charge is -2.36. The molecule has 148 valence electrons. The van der Waals surface area contributed by atoms with E-state index in [0.29, 0.717) is 11.4 Å². The minimum atomic E-state index is -2.55. The zero-order valence-corrected chi connectivity index (χ0v) is 17.4. The fourth-order valence-corrected chi connectivity index (χ4v) is 3.05. The highest BCUT2D eigenvalue weighted by molar-refractivity contribution is 6.74. The van der Waals surface area contributed by atoms with E-state index in [0.717, 1.165) is 0 Å². The summed E-state index contributed by atoms with van der Waals surface area (Å²) in [5.41, 5.74) is 0.896. The Kier molecular flexibility index (Phi) is 6.16. The molecule has 0 radical (unpaired) electrons. The average molecular weight is 397 g/mol. The van der Waals surface area contributed by atoms with E-state index in [1.54, 1.807) is 0 Å². The van der Waals surface area contributed by atoms with Gasteiger partial charge in [-0.1, -0.05) is 38.1 Å². The van der Waals surface area contributed by atoms with Crippen molar-refractivity contribution in [2.24, 2.45) is 0 Å². The van der Waals surface area contributed by atoms with Crippen molar-refractivity contribution in [1.82, 2.24) is 15.0 Å². The number of hydrogen-bond donors (Lipinski definition) is 0. The summed E-state index contributed by atoms with van der Waals surface area (Å²) >= 11 is 0. The van der Waals surface area contributed by atoms with E-state index in [1.165, 1.54) is 36.1 Å². The van der Waals surface area contributed by atoms with Gasteiger partial charge in [-0.05, 0) is 30.3 Å². The summed E-state index contributed by atoms with van der Waals surface area (Å²) in [7, 11) is -0.836. The molecule has 0 atom stereocenters. The summed E-state index contributed by atoms with van der Waals surface area (Å²) in [5, 5.41) is 7.90. The summed E-state index contributed by atoms with van der Waals surface area (Å²) in [4.78, 5) is 12.1. The highest BCUT2D eigenvalue weighted by Gasteiger charge is 2.38. The number of hydrogen-bond acceptors (Lipinski definition) is 5. The third kappa shape index (κ3) is 4.59. The summed E-state index contributed by atoms with van der Waals surface area (Å²) < 4.78 is 38.0. The highest BCUT2D eigenvalue weighted by atomic mass is 28.4. The third-order valence-corrected chi connectivity index (χ3v) is 9.39. The normalized spacial score (nSPS) is 12.5. The van der Waals surface area contributed by atoms with Gasteiger partial charge in [0.25, 0.3) is 6.43 Å². The minimum Gasteiger partial charge on any atom is -0.464 e. The summed E-state index contributed by atoms with van der Waals surface area (Å²) in [5.74, 6) is -0.626. The largest absolute Gasteiger partial charge is 0.464 e. The SMILES string of the molecule is COC(=O)c1nnn(-c2ccc(C(F)F)cc2)c1CO[Si](C)(C)C(C)(C)C. The molecule has 1 heterocycles. The van der Waals surface area contributed by atoms with Gasteiger partial charge in [-0.3, -0.25) is 0 Å². The number of methoxy groups -OCH3 is 1. The van der Waals surface area contributed by atoms with Crippen molar-refractivity contribution in [3.8, 4) is 5.69 Å². The Labute approximate surface area is 158 Å². The zero-order chi connectivity index (χ0) is 20.4. The van der Waals surface area contributed by atoms with E-state index in [2.05, 4.69) is 44.2 Å². The lowest BCUT2D eigenvalue weighted by Crippen LogP contribution is -2.40. The lowest BCUT2D eigenvalue weighted by atomic mass is 10.2. The number of benzene rings is 1. The highest BCUT2D eigenvalue weighted by Crippen LogP contribution is 2.37. The fourth-order valence-electron chi connectivity index (χ4n) is 2.12. The molecular formula is C18H25F2N3O3Si. The van der Waals surface area contributed by atoms with Gasteiger partial charge < -0.3 is 9.16 Å². The van der Waals surface area contributed by atoms with Crippen LogP contribution in [0.25, 0.3) is 5.69 Å². The molecule has 6 nitrogen and oxygen atoms in total. The van der Waals surface area contributed by atoms with Gasteiger partial charge in [-0.15, -0.1) is 5.10 Å². The number of alkyl halides is 2. The molecule has 0 bridgehead atoms. The third-order valence-electron chi connectivity index (χ3n) is 4.91. The first kappa shape index (κ1) is 21.2. The average Bonchev–Trinajstić information content (AvgIpc) is 3.02. The van der Waals surface area contributed by atoms with Crippen LogP contribution in [0, 0.1) is 0 Å². The number of esters is 1. The zero-order valence-electron chi connectivity index (χ0n) is 16.4. The van der Waals surface area contributed by atoms with Crippen molar-refractivity contribution in [2.45, 2.75) is 51.9 Å². The molecule has 2 aromatic rings. The van der Waals surface area contributed by atoms with E-state index in [1.807, 2.05) is 0 Å². The van der Waals surface area contributed by atoms with Crippen LogP contribution in [0.1, 0.15) is 48.9 Å².